The van der Waals surface area contributed by atoms with Gasteiger partial charge in [-0.1, -0.05) is 0 Å². The number of pyridine rings is 1. The molecule has 0 fully saturated rings. The van der Waals surface area contributed by atoms with Gasteiger partial charge in [-0.2, -0.15) is 5.10 Å². The van der Waals surface area contributed by atoms with Gasteiger partial charge in [-0.15, -0.1) is 5.10 Å². The van der Waals surface area contributed by atoms with E-state index in [4.69, 9.17) is 5.73 Å². The zero-order valence-electron chi connectivity index (χ0n) is 19.1. The highest BCUT2D eigenvalue weighted by Crippen LogP contribution is 2.25. The molecule has 2 N–H and O–H groups in total. The molecule has 0 saturated carbocycles. The first-order chi connectivity index (χ1) is 15.8. The van der Waals surface area contributed by atoms with Crippen LogP contribution < -0.4 is 10.6 Å². The first-order valence-electron chi connectivity index (χ1n) is 10.6. The Bertz CT molecular complexity index is 1280. The smallest absolute Gasteiger partial charge is 0.254 e. The number of hydrogen-bond donors (Lipinski definition) is 1. The summed E-state index contributed by atoms with van der Waals surface area (Å²) in [6, 6.07) is 12.5. The maximum absolute atomic E-state index is 13.7. The number of nitrogens with zero attached hydrogens (tertiary/aromatic N) is 7. The van der Waals surface area contributed by atoms with Crippen molar-refractivity contribution >= 4 is 28.4 Å². The molecule has 168 valence electrons. The quantitative estimate of drug-likeness (QED) is 0.484. The molecule has 0 aliphatic heterocycles. The van der Waals surface area contributed by atoms with Crippen molar-refractivity contribution in [1.29, 1.82) is 0 Å². The van der Waals surface area contributed by atoms with Gasteiger partial charge in [-0.05, 0) is 61.9 Å². The maximum Gasteiger partial charge on any atom is 0.254 e. The number of carbonyl (C=O) groups excluding carboxylic acids is 1. The van der Waals surface area contributed by atoms with Crippen molar-refractivity contribution in [3.05, 3.63) is 77.5 Å². The largest absolute Gasteiger partial charge is 0.383 e. The molecule has 0 spiro atoms. The zero-order valence-corrected chi connectivity index (χ0v) is 19.1. The number of benzene rings is 1. The number of nitrogens with two attached hydrogens (primary N) is 1. The van der Waals surface area contributed by atoms with Crippen molar-refractivity contribution in [1.82, 2.24) is 30.0 Å². The summed E-state index contributed by atoms with van der Waals surface area (Å²) >= 11 is 0. The van der Waals surface area contributed by atoms with E-state index in [2.05, 4.69) is 25.1 Å². The summed E-state index contributed by atoms with van der Waals surface area (Å²) < 4.78 is 0. The second kappa shape index (κ2) is 9.15. The molecule has 1 unspecified atom stereocenters. The molecule has 3 heterocycles. The van der Waals surface area contributed by atoms with Gasteiger partial charge in [-0.25, -0.2) is 15.0 Å². The molecule has 0 saturated heterocycles. The number of carbonyl (C=O) groups is 1. The third-order valence-electron chi connectivity index (χ3n) is 5.48. The zero-order chi connectivity index (χ0) is 23.5. The van der Waals surface area contributed by atoms with Gasteiger partial charge in [0.05, 0.1) is 23.8 Å². The molecule has 0 aliphatic rings. The Hall–Kier alpha value is -4.14. The highest BCUT2D eigenvalue weighted by molar-refractivity contribution is 5.98. The van der Waals surface area contributed by atoms with Gasteiger partial charge >= 0.3 is 0 Å². The summed E-state index contributed by atoms with van der Waals surface area (Å²) in [7, 11) is 3.80. The molecular weight excluding hydrogens is 416 g/mol. The number of nitrogen functional groups attached to an aromatic ring is 1. The number of aromatic nitrogens is 5. The van der Waals surface area contributed by atoms with E-state index in [1.165, 1.54) is 0 Å². The Morgan fingerprint density at radius 2 is 1.82 bits per heavy atom. The summed E-state index contributed by atoms with van der Waals surface area (Å²) in [5.41, 5.74) is 8.75. The first kappa shape index (κ1) is 22.1. The van der Waals surface area contributed by atoms with Crippen molar-refractivity contribution in [2.45, 2.75) is 26.4 Å². The van der Waals surface area contributed by atoms with Crippen LogP contribution in [-0.4, -0.2) is 50.1 Å². The number of hydrogen-bond acceptors (Lipinski definition) is 8. The van der Waals surface area contributed by atoms with Gasteiger partial charge in [0, 0.05) is 37.4 Å². The number of fused-ring (bicyclic) bond motifs is 1. The SMILES string of the molecule is Cc1cc2cc(C(=O)N(Cc3ccc(N(C)C)nn3)C(C)c3ncccn3)ccc2nc1N. The van der Waals surface area contributed by atoms with E-state index in [0.29, 0.717) is 22.9 Å². The van der Waals surface area contributed by atoms with Crippen LogP contribution in [0.25, 0.3) is 10.9 Å². The van der Waals surface area contributed by atoms with Crippen LogP contribution in [0.3, 0.4) is 0 Å². The summed E-state index contributed by atoms with van der Waals surface area (Å²) in [4.78, 5) is 30.4. The van der Waals surface area contributed by atoms with Crippen LogP contribution >= 0.6 is 0 Å². The molecule has 9 heteroatoms. The van der Waals surface area contributed by atoms with Gasteiger partial charge in [0.2, 0.25) is 0 Å². The minimum absolute atomic E-state index is 0.162. The third-order valence-corrected chi connectivity index (χ3v) is 5.48. The highest BCUT2D eigenvalue weighted by Gasteiger charge is 2.26. The molecule has 1 atom stereocenters. The van der Waals surface area contributed by atoms with Crippen LogP contribution in [0.2, 0.25) is 0 Å². The summed E-state index contributed by atoms with van der Waals surface area (Å²) in [6.45, 7) is 4.06. The standard InChI is InChI=1S/C24H26N8O/c1-15-12-18-13-17(6-8-20(18)28-22(15)25)24(33)32(16(2)23-26-10-5-11-27-23)14-19-7-9-21(30-29-19)31(3)4/h5-13,16H,14H2,1-4H3,(H2,25,28). The number of aryl methyl sites for hydroxylation is 1. The lowest BCUT2D eigenvalue weighted by Crippen LogP contribution is -2.34. The van der Waals surface area contributed by atoms with Crippen LogP contribution in [0.1, 0.15) is 40.4 Å². The topological polar surface area (TPSA) is 114 Å². The van der Waals surface area contributed by atoms with Crippen molar-refractivity contribution in [2.75, 3.05) is 24.7 Å². The maximum atomic E-state index is 13.7. The summed E-state index contributed by atoms with van der Waals surface area (Å²) in [6.07, 6.45) is 3.34. The van der Waals surface area contributed by atoms with Gasteiger partial charge in [0.1, 0.15) is 11.6 Å². The molecule has 1 amide bonds. The fourth-order valence-electron chi connectivity index (χ4n) is 3.50. The van der Waals surface area contributed by atoms with Crippen molar-refractivity contribution in [3.8, 4) is 0 Å². The monoisotopic (exact) mass is 442 g/mol. The van der Waals surface area contributed by atoms with E-state index in [1.807, 2.05) is 63.2 Å². The molecular formula is C24H26N8O. The van der Waals surface area contributed by atoms with Crippen molar-refractivity contribution in [3.63, 3.8) is 0 Å². The minimum Gasteiger partial charge on any atom is -0.383 e. The van der Waals surface area contributed by atoms with Crippen molar-refractivity contribution < 1.29 is 4.79 Å². The van der Waals surface area contributed by atoms with Crippen LogP contribution in [0.4, 0.5) is 11.6 Å². The fourth-order valence-corrected chi connectivity index (χ4v) is 3.50. The van der Waals surface area contributed by atoms with Crippen LogP contribution in [0.5, 0.6) is 0 Å². The molecule has 1 aromatic carbocycles. The molecule has 9 nitrogen and oxygen atoms in total. The Morgan fingerprint density at radius 1 is 1.06 bits per heavy atom. The van der Waals surface area contributed by atoms with Gasteiger partial charge in [0.25, 0.3) is 5.91 Å². The molecule has 0 bridgehead atoms. The van der Waals surface area contributed by atoms with E-state index in [1.54, 1.807) is 29.4 Å². The number of rotatable bonds is 6. The molecule has 3 aromatic heterocycles. The number of amides is 1. The Morgan fingerprint density at radius 3 is 2.48 bits per heavy atom. The normalized spacial score (nSPS) is 11.9. The van der Waals surface area contributed by atoms with Gasteiger partial charge in [0.15, 0.2) is 5.82 Å². The lowest BCUT2D eigenvalue weighted by atomic mass is 10.1. The third kappa shape index (κ3) is 4.72. The number of anilines is 2. The Labute approximate surface area is 192 Å². The van der Waals surface area contributed by atoms with E-state index < -0.39 is 0 Å². The Balaban J connectivity index is 1.70. The molecule has 0 aliphatic carbocycles. The highest BCUT2D eigenvalue weighted by atomic mass is 16.2. The van der Waals surface area contributed by atoms with E-state index >= 15 is 0 Å². The van der Waals surface area contributed by atoms with Crippen LogP contribution in [0, 0.1) is 6.92 Å². The van der Waals surface area contributed by atoms with Crippen molar-refractivity contribution in [2.24, 2.45) is 0 Å². The fraction of sp³-hybridized carbons (Fsp3) is 0.250. The Kier molecular flexibility index (Phi) is 6.12. The van der Waals surface area contributed by atoms with Gasteiger partial charge < -0.3 is 15.5 Å². The molecule has 33 heavy (non-hydrogen) atoms. The average Bonchev–Trinajstić information content (AvgIpc) is 2.83. The summed E-state index contributed by atoms with van der Waals surface area (Å²) in [5.74, 6) is 1.62. The second-order valence-electron chi connectivity index (χ2n) is 8.09. The minimum atomic E-state index is -0.379. The predicted molar refractivity (Wildman–Crippen MR) is 128 cm³/mol. The lowest BCUT2D eigenvalue weighted by Gasteiger charge is -2.28. The van der Waals surface area contributed by atoms with E-state index in [-0.39, 0.29) is 18.5 Å². The average molecular weight is 443 g/mol. The lowest BCUT2D eigenvalue weighted by molar-refractivity contribution is 0.0663. The van der Waals surface area contributed by atoms with Crippen LogP contribution in [0.15, 0.2) is 54.9 Å². The first-order valence-corrected chi connectivity index (χ1v) is 10.6. The molecule has 0 radical (unpaired) electrons. The van der Waals surface area contributed by atoms with E-state index in [9.17, 15) is 4.79 Å². The van der Waals surface area contributed by atoms with E-state index in [0.717, 1.165) is 22.3 Å². The predicted octanol–water partition coefficient (Wildman–Crippen LogP) is 3.18. The van der Waals surface area contributed by atoms with Gasteiger partial charge in [-0.3, -0.25) is 4.79 Å². The summed E-state index contributed by atoms with van der Waals surface area (Å²) in [5, 5.41) is 9.41. The second-order valence-corrected chi connectivity index (χ2v) is 8.09. The molecule has 4 rings (SSSR count). The molecule has 4 aromatic rings. The van der Waals surface area contributed by atoms with Crippen LogP contribution in [-0.2, 0) is 6.54 Å².